The quantitative estimate of drug-likeness (QED) is 0.659. The van der Waals surface area contributed by atoms with Crippen LogP contribution in [-0.2, 0) is 13.1 Å². The van der Waals surface area contributed by atoms with Crippen LogP contribution >= 0.6 is 0 Å². The van der Waals surface area contributed by atoms with Crippen LogP contribution in [0.4, 0.5) is 8.78 Å². The molecule has 1 N–H and O–H groups in total. The van der Waals surface area contributed by atoms with Crippen molar-refractivity contribution in [3.05, 3.63) is 83.2 Å². The normalized spacial score (nSPS) is 15.8. The molecule has 9 heteroatoms. The van der Waals surface area contributed by atoms with Gasteiger partial charge in [0.2, 0.25) is 0 Å². The number of likely N-dealkylation sites (tertiary alicyclic amines) is 1. The number of rotatable bonds is 6. The number of nitrogens with one attached hydrogen (secondary N) is 1. The van der Waals surface area contributed by atoms with Crippen LogP contribution in [0, 0.1) is 11.6 Å². The molecule has 0 radical (unpaired) electrons. The van der Waals surface area contributed by atoms with Crippen LogP contribution in [0.3, 0.4) is 0 Å². The second kappa shape index (κ2) is 9.03. The molecule has 3 aromatic rings. The third-order valence-corrected chi connectivity index (χ3v) is 5.27. The van der Waals surface area contributed by atoms with E-state index in [0.717, 1.165) is 30.5 Å². The molecule has 1 atom stereocenters. The second-order valence-corrected chi connectivity index (χ2v) is 7.42. The molecular weight excluding hydrogens is 404 g/mol. The van der Waals surface area contributed by atoms with Crippen molar-refractivity contribution in [2.24, 2.45) is 0 Å². The van der Waals surface area contributed by atoms with E-state index in [2.05, 4.69) is 15.6 Å². The minimum absolute atomic E-state index is 0.102. The molecule has 1 aliphatic rings. The van der Waals surface area contributed by atoms with E-state index in [1.807, 2.05) is 30.3 Å². The van der Waals surface area contributed by atoms with Crippen molar-refractivity contribution < 1.29 is 18.4 Å². The fourth-order valence-electron chi connectivity index (χ4n) is 3.66. The van der Waals surface area contributed by atoms with Gasteiger partial charge in [0.25, 0.3) is 11.8 Å². The van der Waals surface area contributed by atoms with Crippen LogP contribution < -0.4 is 5.32 Å². The summed E-state index contributed by atoms with van der Waals surface area (Å²) in [5, 5.41) is 10.7. The Hall–Kier alpha value is -3.62. The largest absolute Gasteiger partial charge is 0.347 e. The standard InChI is InChI=1S/C22H21F2N5O2/c23-18-9-8-16(11-19(18)24)22(31)29-10-4-7-17(29)13-28-14-20(26-27-28)21(30)25-12-15-5-2-1-3-6-15/h1-3,5-6,8-9,11,14,17H,4,7,10,12-13H2,(H,25,30)/t17-/m0/s1. The second-order valence-electron chi connectivity index (χ2n) is 7.42. The van der Waals surface area contributed by atoms with Crippen molar-refractivity contribution in [2.45, 2.75) is 32.0 Å². The van der Waals surface area contributed by atoms with E-state index in [1.54, 1.807) is 11.1 Å². The van der Waals surface area contributed by atoms with Gasteiger partial charge in [0.1, 0.15) is 0 Å². The van der Waals surface area contributed by atoms with Crippen molar-refractivity contribution in [3.63, 3.8) is 0 Å². The lowest BCUT2D eigenvalue weighted by Crippen LogP contribution is -2.38. The molecule has 0 bridgehead atoms. The first kappa shape index (κ1) is 20.6. The van der Waals surface area contributed by atoms with Crippen molar-refractivity contribution in [1.29, 1.82) is 0 Å². The Morgan fingerprint density at radius 2 is 1.90 bits per heavy atom. The molecule has 0 saturated carbocycles. The zero-order chi connectivity index (χ0) is 21.8. The van der Waals surface area contributed by atoms with Crippen LogP contribution in [0.2, 0.25) is 0 Å². The fourth-order valence-corrected chi connectivity index (χ4v) is 3.66. The molecule has 1 fully saturated rings. The first-order valence-corrected chi connectivity index (χ1v) is 9.99. The maximum absolute atomic E-state index is 13.5. The summed E-state index contributed by atoms with van der Waals surface area (Å²) in [5.41, 5.74) is 1.26. The van der Waals surface area contributed by atoms with Crippen LogP contribution in [0.1, 0.15) is 39.3 Å². The minimum atomic E-state index is -1.05. The van der Waals surface area contributed by atoms with E-state index in [-0.39, 0.29) is 29.1 Å². The Morgan fingerprint density at radius 3 is 2.68 bits per heavy atom. The van der Waals surface area contributed by atoms with Gasteiger partial charge < -0.3 is 10.2 Å². The van der Waals surface area contributed by atoms with Crippen molar-refractivity contribution >= 4 is 11.8 Å². The lowest BCUT2D eigenvalue weighted by Gasteiger charge is -2.24. The maximum Gasteiger partial charge on any atom is 0.273 e. The summed E-state index contributed by atoms with van der Waals surface area (Å²) >= 11 is 0. The summed E-state index contributed by atoms with van der Waals surface area (Å²) in [4.78, 5) is 26.7. The van der Waals surface area contributed by atoms with E-state index in [4.69, 9.17) is 0 Å². The van der Waals surface area contributed by atoms with Gasteiger partial charge in [0.15, 0.2) is 17.3 Å². The molecule has 0 unspecified atom stereocenters. The van der Waals surface area contributed by atoms with Gasteiger partial charge in [-0.15, -0.1) is 5.10 Å². The number of aromatic nitrogens is 3. The highest BCUT2D eigenvalue weighted by atomic mass is 19.2. The number of carbonyl (C=O) groups is 2. The summed E-state index contributed by atoms with van der Waals surface area (Å²) in [5.74, 6) is -2.74. The topological polar surface area (TPSA) is 80.1 Å². The van der Waals surface area contributed by atoms with Crippen molar-refractivity contribution in [1.82, 2.24) is 25.2 Å². The number of benzene rings is 2. The predicted octanol–water partition coefficient (Wildman–Crippen LogP) is 2.79. The molecule has 31 heavy (non-hydrogen) atoms. The highest BCUT2D eigenvalue weighted by Crippen LogP contribution is 2.22. The molecule has 0 spiro atoms. The lowest BCUT2D eigenvalue weighted by molar-refractivity contribution is 0.0720. The summed E-state index contributed by atoms with van der Waals surface area (Å²) in [6, 6.07) is 12.5. The number of nitrogens with zero attached hydrogens (tertiary/aromatic N) is 4. The van der Waals surface area contributed by atoms with E-state index in [1.165, 1.54) is 10.7 Å². The highest BCUT2D eigenvalue weighted by Gasteiger charge is 2.30. The summed E-state index contributed by atoms with van der Waals surface area (Å²) in [6.45, 7) is 1.25. The molecule has 1 saturated heterocycles. The fraction of sp³-hybridized carbons (Fsp3) is 0.273. The Morgan fingerprint density at radius 1 is 1.10 bits per heavy atom. The summed E-state index contributed by atoms with van der Waals surface area (Å²) in [7, 11) is 0. The third-order valence-electron chi connectivity index (χ3n) is 5.27. The zero-order valence-electron chi connectivity index (χ0n) is 16.7. The average Bonchev–Trinajstić information content (AvgIpc) is 3.44. The monoisotopic (exact) mass is 425 g/mol. The molecule has 7 nitrogen and oxygen atoms in total. The molecule has 2 amide bonds. The van der Waals surface area contributed by atoms with Crippen molar-refractivity contribution in [2.75, 3.05) is 6.54 Å². The Labute approximate surface area is 177 Å². The average molecular weight is 425 g/mol. The van der Waals surface area contributed by atoms with Crippen LogP contribution in [0.25, 0.3) is 0 Å². The van der Waals surface area contributed by atoms with Crippen LogP contribution in [0.15, 0.2) is 54.7 Å². The van der Waals surface area contributed by atoms with Gasteiger partial charge >= 0.3 is 0 Å². The molecule has 1 aromatic heterocycles. The van der Waals surface area contributed by atoms with E-state index in [0.29, 0.717) is 19.6 Å². The molecular formula is C22H21F2N5O2. The molecule has 4 rings (SSSR count). The van der Waals surface area contributed by atoms with E-state index < -0.39 is 11.6 Å². The number of hydrogen-bond donors (Lipinski definition) is 1. The molecule has 1 aliphatic heterocycles. The minimum Gasteiger partial charge on any atom is -0.347 e. The van der Waals surface area contributed by atoms with Gasteiger partial charge in [0, 0.05) is 18.7 Å². The third kappa shape index (κ3) is 4.76. The highest BCUT2D eigenvalue weighted by molar-refractivity contribution is 5.94. The molecule has 160 valence electrons. The number of hydrogen-bond acceptors (Lipinski definition) is 4. The summed E-state index contributed by atoms with van der Waals surface area (Å²) in [6.07, 6.45) is 3.07. The zero-order valence-corrected chi connectivity index (χ0v) is 16.7. The Balaban J connectivity index is 1.38. The van der Waals surface area contributed by atoms with Crippen LogP contribution in [0.5, 0.6) is 0 Å². The molecule has 2 aromatic carbocycles. The van der Waals surface area contributed by atoms with E-state index >= 15 is 0 Å². The molecule has 2 heterocycles. The molecule has 0 aliphatic carbocycles. The van der Waals surface area contributed by atoms with Crippen molar-refractivity contribution in [3.8, 4) is 0 Å². The van der Waals surface area contributed by atoms with Gasteiger partial charge in [-0.05, 0) is 36.6 Å². The number of carbonyl (C=O) groups excluding carboxylic acids is 2. The number of halogens is 2. The Kier molecular flexibility index (Phi) is 6.01. The van der Waals surface area contributed by atoms with Gasteiger partial charge in [0.05, 0.1) is 18.8 Å². The Bertz CT molecular complexity index is 1090. The lowest BCUT2D eigenvalue weighted by atomic mass is 10.1. The van der Waals surface area contributed by atoms with Gasteiger partial charge in [-0.2, -0.15) is 0 Å². The van der Waals surface area contributed by atoms with Gasteiger partial charge in [-0.25, -0.2) is 13.5 Å². The first-order chi connectivity index (χ1) is 15.0. The van der Waals surface area contributed by atoms with Gasteiger partial charge in [-0.1, -0.05) is 35.5 Å². The first-order valence-electron chi connectivity index (χ1n) is 9.99. The van der Waals surface area contributed by atoms with E-state index in [9.17, 15) is 18.4 Å². The maximum atomic E-state index is 13.5. The van der Waals surface area contributed by atoms with Gasteiger partial charge in [-0.3, -0.25) is 9.59 Å². The van der Waals surface area contributed by atoms with Crippen LogP contribution in [-0.4, -0.2) is 44.3 Å². The SMILES string of the molecule is O=C(NCc1ccccc1)c1cn(C[C@@H]2CCCN2C(=O)c2ccc(F)c(F)c2)nn1. The summed E-state index contributed by atoms with van der Waals surface area (Å²) < 4.78 is 28.2. The number of amides is 2. The smallest absolute Gasteiger partial charge is 0.273 e. The predicted molar refractivity (Wildman–Crippen MR) is 108 cm³/mol.